The van der Waals surface area contributed by atoms with E-state index in [-0.39, 0.29) is 5.41 Å². The van der Waals surface area contributed by atoms with Crippen molar-refractivity contribution in [3.8, 4) is 0 Å². The van der Waals surface area contributed by atoms with Crippen LogP contribution in [-0.2, 0) is 4.74 Å². The summed E-state index contributed by atoms with van der Waals surface area (Å²) in [6.45, 7) is 12.1. The largest absolute Gasteiger partial charge is 0.377 e. The molecule has 0 radical (unpaired) electrons. The molecule has 1 aliphatic carbocycles. The first-order valence-corrected chi connectivity index (χ1v) is 9.40. The van der Waals surface area contributed by atoms with Crippen LogP contribution in [0.2, 0.25) is 0 Å². The van der Waals surface area contributed by atoms with E-state index in [1.54, 1.807) is 0 Å². The maximum absolute atomic E-state index is 6.08. The van der Waals surface area contributed by atoms with Gasteiger partial charge >= 0.3 is 0 Å². The van der Waals surface area contributed by atoms with Crippen LogP contribution in [-0.4, -0.2) is 38.8 Å². The Morgan fingerprint density at radius 3 is 2.48 bits per heavy atom. The Morgan fingerprint density at radius 2 is 1.87 bits per heavy atom. The normalized spacial score (nSPS) is 28.7. The van der Waals surface area contributed by atoms with Crippen molar-refractivity contribution in [3.63, 3.8) is 0 Å². The highest BCUT2D eigenvalue weighted by Gasteiger charge is 2.35. The number of guanidine groups is 1. The Kier molecular flexibility index (Phi) is 6.35. The molecule has 0 spiro atoms. The number of rotatable bonds is 4. The third-order valence-corrected chi connectivity index (χ3v) is 5.55. The van der Waals surface area contributed by atoms with Gasteiger partial charge in [0, 0.05) is 32.7 Å². The Morgan fingerprint density at radius 1 is 1.17 bits per heavy atom. The van der Waals surface area contributed by atoms with Crippen molar-refractivity contribution >= 4 is 5.96 Å². The van der Waals surface area contributed by atoms with Gasteiger partial charge in [-0.2, -0.15) is 0 Å². The van der Waals surface area contributed by atoms with Gasteiger partial charge in [0.1, 0.15) is 0 Å². The van der Waals surface area contributed by atoms with Crippen LogP contribution < -0.4 is 10.6 Å². The average molecular weight is 324 g/mol. The topological polar surface area (TPSA) is 45.7 Å². The summed E-state index contributed by atoms with van der Waals surface area (Å²) < 4.78 is 6.08. The maximum Gasteiger partial charge on any atom is 0.191 e. The van der Waals surface area contributed by atoms with E-state index in [1.165, 1.54) is 38.5 Å². The Bertz CT molecular complexity index is 394. The van der Waals surface area contributed by atoms with Gasteiger partial charge in [-0.3, -0.25) is 4.99 Å². The molecular weight excluding hydrogens is 286 g/mol. The highest BCUT2D eigenvalue weighted by atomic mass is 16.5. The molecule has 4 heteroatoms. The van der Waals surface area contributed by atoms with E-state index in [9.17, 15) is 0 Å². The molecule has 1 aliphatic heterocycles. The fourth-order valence-electron chi connectivity index (χ4n) is 4.16. The quantitative estimate of drug-likeness (QED) is 0.614. The number of ether oxygens (including phenoxy) is 1. The van der Waals surface area contributed by atoms with Gasteiger partial charge in [0.15, 0.2) is 5.96 Å². The second-order valence-corrected chi connectivity index (χ2v) is 8.88. The van der Waals surface area contributed by atoms with Crippen molar-refractivity contribution in [1.29, 1.82) is 0 Å². The van der Waals surface area contributed by atoms with Crippen LogP contribution in [0.25, 0.3) is 0 Å². The van der Waals surface area contributed by atoms with Crippen LogP contribution in [0.15, 0.2) is 4.99 Å². The molecule has 134 valence electrons. The summed E-state index contributed by atoms with van der Waals surface area (Å²) >= 11 is 0. The van der Waals surface area contributed by atoms with Gasteiger partial charge in [0.2, 0.25) is 0 Å². The fourth-order valence-corrected chi connectivity index (χ4v) is 4.16. The minimum absolute atomic E-state index is 0.195. The lowest BCUT2D eigenvalue weighted by molar-refractivity contribution is -0.0835. The first-order valence-electron chi connectivity index (χ1n) is 9.40. The standard InChI is InChI=1S/C19H37N3O/c1-18(2,3)16-15(9-8-12-23-16)13-21-17(20-5)22-14-19(4)10-6-7-11-19/h15-16H,6-14H2,1-5H3,(H2,20,21,22). The first-order chi connectivity index (χ1) is 10.8. The van der Waals surface area contributed by atoms with Gasteiger partial charge in [-0.15, -0.1) is 0 Å². The Labute approximate surface area is 142 Å². The third kappa shape index (κ3) is 5.37. The Hall–Kier alpha value is -0.770. The zero-order valence-corrected chi connectivity index (χ0v) is 15.9. The summed E-state index contributed by atoms with van der Waals surface area (Å²) in [5.74, 6) is 1.50. The molecule has 2 rings (SSSR count). The van der Waals surface area contributed by atoms with Gasteiger partial charge in [0.25, 0.3) is 0 Å². The summed E-state index contributed by atoms with van der Waals surface area (Å²) in [6.07, 6.45) is 8.15. The molecule has 0 amide bonds. The van der Waals surface area contributed by atoms with Crippen molar-refractivity contribution in [1.82, 2.24) is 10.6 Å². The summed E-state index contributed by atoms with van der Waals surface area (Å²) in [7, 11) is 1.87. The van der Waals surface area contributed by atoms with E-state index in [4.69, 9.17) is 4.74 Å². The van der Waals surface area contributed by atoms with Crippen LogP contribution in [0, 0.1) is 16.7 Å². The lowest BCUT2D eigenvalue weighted by atomic mass is 9.78. The van der Waals surface area contributed by atoms with Crippen LogP contribution >= 0.6 is 0 Å². The minimum atomic E-state index is 0.195. The molecule has 23 heavy (non-hydrogen) atoms. The predicted molar refractivity (Wildman–Crippen MR) is 97.9 cm³/mol. The van der Waals surface area contributed by atoms with Gasteiger partial charge in [-0.05, 0) is 36.5 Å². The molecule has 1 saturated carbocycles. The van der Waals surface area contributed by atoms with E-state index in [0.29, 0.717) is 17.4 Å². The van der Waals surface area contributed by atoms with E-state index in [2.05, 4.69) is 43.3 Å². The van der Waals surface area contributed by atoms with E-state index >= 15 is 0 Å². The van der Waals surface area contributed by atoms with Crippen molar-refractivity contribution < 1.29 is 4.74 Å². The molecule has 4 nitrogen and oxygen atoms in total. The number of aliphatic imine (C=N–C) groups is 1. The molecule has 1 saturated heterocycles. The monoisotopic (exact) mass is 323 g/mol. The third-order valence-electron chi connectivity index (χ3n) is 5.55. The summed E-state index contributed by atoms with van der Waals surface area (Å²) in [5, 5.41) is 7.08. The Balaban J connectivity index is 1.82. The molecule has 0 aromatic heterocycles. The lowest BCUT2D eigenvalue weighted by Crippen LogP contribution is -2.48. The molecule has 2 unspecified atom stereocenters. The molecule has 1 heterocycles. The number of nitrogens with one attached hydrogen (secondary N) is 2. The van der Waals surface area contributed by atoms with E-state index < -0.39 is 0 Å². The smallest absolute Gasteiger partial charge is 0.191 e. The number of hydrogen-bond acceptors (Lipinski definition) is 2. The van der Waals surface area contributed by atoms with Crippen molar-refractivity contribution in [2.75, 3.05) is 26.7 Å². The fraction of sp³-hybridized carbons (Fsp3) is 0.947. The molecule has 2 fully saturated rings. The number of nitrogens with zero attached hydrogens (tertiary/aromatic N) is 1. The van der Waals surface area contributed by atoms with Crippen molar-refractivity contribution in [2.45, 2.75) is 72.3 Å². The molecule has 2 aliphatic rings. The second-order valence-electron chi connectivity index (χ2n) is 8.88. The summed E-state index contributed by atoms with van der Waals surface area (Å²) in [6, 6.07) is 0. The van der Waals surface area contributed by atoms with Crippen LogP contribution in [0.1, 0.15) is 66.2 Å². The lowest BCUT2D eigenvalue weighted by Gasteiger charge is -2.40. The average Bonchev–Trinajstić information content (AvgIpc) is 2.94. The van der Waals surface area contributed by atoms with Crippen molar-refractivity contribution in [2.24, 2.45) is 21.7 Å². The highest BCUT2D eigenvalue weighted by molar-refractivity contribution is 5.79. The highest BCUT2D eigenvalue weighted by Crippen LogP contribution is 2.36. The molecule has 0 aromatic rings. The predicted octanol–water partition coefficient (Wildman–Crippen LogP) is 3.57. The first kappa shape index (κ1) is 18.6. The molecule has 2 atom stereocenters. The zero-order chi connectivity index (χ0) is 16.9. The van der Waals surface area contributed by atoms with Crippen LogP contribution in [0.3, 0.4) is 0 Å². The van der Waals surface area contributed by atoms with Crippen molar-refractivity contribution in [3.05, 3.63) is 0 Å². The van der Waals surface area contributed by atoms with Crippen LogP contribution in [0.5, 0.6) is 0 Å². The number of hydrogen-bond donors (Lipinski definition) is 2. The van der Waals surface area contributed by atoms with E-state index in [1.807, 2.05) is 7.05 Å². The summed E-state index contributed by atoms with van der Waals surface area (Å²) in [4.78, 5) is 4.41. The minimum Gasteiger partial charge on any atom is -0.377 e. The molecule has 0 aromatic carbocycles. The summed E-state index contributed by atoms with van der Waals surface area (Å²) in [5.41, 5.74) is 0.639. The van der Waals surface area contributed by atoms with Crippen LogP contribution in [0.4, 0.5) is 0 Å². The van der Waals surface area contributed by atoms with E-state index in [0.717, 1.165) is 25.7 Å². The molecule has 0 bridgehead atoms. The second kappa shape index (κ2) is 7.87. The zero-order valence-electron chi connectivity index (χ0n) is 15.9. The van der Waals surface area contributed by atoms with Gasteiger partial charge < -0.3 is 15.4 Å². The molecular formula is C19H37N3O. The van der Waals surface area contributed by atoms with Gasteiger partial charge in [0.05, 0.1) is 6.10 Å². The SMILES string of the molecule is CN=C(NCC1CCCOC1C(C)(C)C)NCC1(C)CCCC1. The van der Waals surface area contributed by atoms with Gasteiger partial charge in [-0.1, -0.05) is 40.5 Å². The molecule has 2 N–H and O–H groups in total. The maximum atomic E-state index is 6.08. The van der Waals surface area contributed by atoms with Gasteiger partial charge in [-0.25, -0.2) is 0 Å².